The van der Waals surface area contributed by atoms with Crippen LogP contribution in [0.15, 0.2) is 48.8 Å². The summed E-state index contributed by atoms with van der Waals surface area (Å²) in [4.78, 5) is 18.4. The number of anilines is 1. The molecule has 0 saturated carbocycles. The van der Waals surface area contributed by atoms with E-state index in [4.69, 9.17) is 0 Å². The second-order valence-electron chi connectivity index (χ2n) is 5.28. The smallest absolute Gasteiger partial charge is 0.229 e. The van der Waals surface area contributed by atoms with Gasteiger partial charge < -0.3 is 4.90 Å². The normalized spacial score (nSPS) is 10.6. The van der Waals surface area contributed by atoms with E-state index in [1.54, 1.807) is 12.4 Å². The van der Waals surface area contributed by atoms with E-state index in [9.17, 15) is 4.79 Å². The Morgan fingerprint density at radius 1 is 1.25 bits per heavy atom. The van der Waals surface area contributed by atoms with Crippen LogP contribution in [0.3, 0.4) is 0 Å². The van der Waals surface area contributed by atoms with Crippen LogP contribution < -0.4 is 4.90 Å². The zero-order valence-corrected chi connectivity index (χ0v) is 12.2. The van der Waals surface area contributed by atoms with Gasteiger partial charge in [-0.25, -0.2) is 0 Å². The molecule has 0 radical (unpaired) electrons. The molecule has 0 fully saturated rings. The maximum atomic E-state index is 12.5. The molecule has 0 aliphatic heterocycles. The number of carbonyl (C=O) groups is 1. The van der Waals surface area contributed by atoms with E-state index in [1.165, 1.54) is 0 Å². The number of benzene rings is 1. The first-order valence-electron chi connectivity index (χ1n) is 6.85. The third-order valence-corrected chi connectivity index (χ3v) is 3.14. The van der Waals surface area contributed by atoms with Gasteiger partial charge in [-0.15, -0.1) is 0 Å². The first-order chi connectivity index (χ1) is 9.58. The van der Waals surface area contributed by atoms with Crippen molar-refractivity contribution in [2.45, 2.75) is 27.3 Å². The molecule has 2 aromatic rings. The van der Waals surface area contributed by atoms with Crippen molar-refractivity contribution in [1.29, 1.82) is 0 Å². The Morgan fingerprint density at radius 3 is 2.65 bits per heavy atom. The van der Waals surface area contributed by atoms with Gasteiger partial charge in [-0.05, 0) is 36.2 Å². The number of aryl methyl sites for hydroxylation is 1. The molecule has 0 bridgehead atoms. The summed E-state index contributed by atoms with van der Waals surface area (Å²) >= 11 is 0. The average Bonchev–Trinajstić information content (AvgIpc) is 2.45. The first-order valence-corrected chi connectivity index (χ1v) is 6.85. The first kappa shape index (κ1) is 14.3. The number of hydrogen-bond acceptors (Lipinski definition) is 2. The van der Waals surface area contributed by atoms with E-state index >= 15 is 0 Å². The SMILES string of the molecule is Cc1cccc(N(Cc2cccnc2)C(=O)C(C)C)c1. The summed E-state index contributed by atoms with van der Waals surface area (Å²) in [6.07, 6.45) is 3.54. The minimum absolute atomic E-state index is 0.0350. The molecule has 104 valence electrons. The van der Waals surface area contributed by atoms with Crippen LogP contribution in [-0.2, 0) is 11.3 Å². The van der Waals surface area contributed by atoms with E-state index in [-0.39, 0.29) is 11.8 Å². The molecule has 1 aromatic heterocycles. The summed E-state index contributed by atoms with van der Waals surface area (Å²) in [5.74, 6) is 0.0895. The van der Waals surface area contributed by atoms with Gasteiger partial charge in [-0.2, -0.15) is 0 Å². The molecule has 3 nitrogen and oxygen atoms in total. The summed E-state index contributed by atoms with van der Waals surface area (Å²) in [6, 6.07) is 11.9. The van der Waals surface area contributed by atoms with Crippen molar-refractivity contribution in [2.75, 3.05) is 4.90 Å². The van der Waals surface area contributed by atoms with Crippen LogP contribution in [0.2, 0.25) is 0 Å². The third-order valence-electron chi connectivity index (χ3n) is 3.14. The van der Waals surface area contributed by atoms with E-state index in [2.05, 4.69) is 4.98 Å². The second-order valence-corrected chi connectivity index (χ2v) is 5.28. The molecular weight excluding hydrogens is 248 g/mol. The van der Waals surface area contributed by atoms with Gasteiger partial charge >= 0.3 is 0 Å². The summed E-state index contributed by atoms with van der Waals surface area (Å²) in [7, 11) is 0. The van der Waals surface area contributed by atoms with Gasteiger partial charge in [0.15, 0.2) is 0 Å². The lowest BCUT2D eigenvalue weighted by molar-refractivity contribution is -0.121. The lowest BCUT2D eigenvalue weighted by Crippen LogP contribution is -2.33. The molecule has 0 aliphatic rings. The van der Waals surface area contributed by atoms with E-state index in [1.807, 2.05) is 62.1 Å². The molecule has 1 heterocycles. The standard InChI is InChI=1S/C17H20N2O/c1-13(2)17(20)19(12-15-7-5-9-18-11-15)16-8-4-6-14(3)10-16/h4-11,13H,12H2,1-3H3. The molecular formula is C17H20N2O. The summed E-state index contributed by atoms with van der Waals surface area (Å²) in [5.41, 5.74) is 3.12. The van der Waals surface area contributed by atoms with Crippen LogP contribution >= 0.6 is 0 Å². The molecule has 1 amide bonds. The monoisotopic (exact) mass is 268 g/mol. The van der Waals surface area contributed by atoms with Gasteiger partial charge in [-0.1, -0.05) is 32.0 Å². The maximum Gasteiger partial charge on any atom is 0.229 e. The topological polar surface area (TPSA) is 33.2 Å². The number of aromatic nitrogens is 1. The molecule has 0 aliphatic carbocycles. The van der Waals surface area contributed by atoms with E-state index < -0.39 is 0 Å². The fraction of sp³-hybridized carbons (Fsp3) is 0.294. The highest BCUT2D eigenvalue weighted by molar-refractivity contribution is 5.94. The van der Waals surface area contributed by atoms with Gasteiger partial charge in [0.1, 0.15) is 0 Å². The lowest BCUT2D eigenvalue weighted by atomic mass is 10.1. The van der Waals surface area contributed by atoms with Crippen LogP contribution in [0, 0.1) is 12.8 Å². The molecule has 0 unspecified atom stereocenters. The van der Waals surface area contributed by atoms with Crippen molar-refractivity contribution in [2.24, 2.45) is 5.92 Å². The maximum absolute atomic E-state index is 12.5. The third kappa shape index (κ3) is 3.44. The van der Waals surface area contributed by atoms with Crippen LogP contribution in [0.1, 0.15) is 25.0 Å². The molecule has 1 aromatic carbocycles. The molecule has 20 heavy (non-hydrogen) atoms. The van der Waals surface area contributed by atoms with E-state index in [0.717, 1.165) is 16.8 Å². The fourth-order valence-corrected chi connectivity index (χ4v) is 2.08. The molecule has 0 spiro atoms. The number of carbonyl (C=O) groups excluding carboxylic acids is 1. The fourth-order valence-electron chi connectivity index (χ4n) is 2.08. The quantitative estimate of drug-likeness (QED) is 0.849. The second kappa shape index (κ2) is 6.33. The number of rotatable bonds is 4. The van der Waals surface area contributed by atoms with Crippen LogP contribution in [0.4, 0.5) is 5.69 Å². The predicted octanol–water partition coefficient (Wildman–Crippen LogP) is 3.58. The number of hydrogen-bond donors (Lipinski definition) is 0. The van der Waals surface area contributed by atoms with Crippen LogP contribution in [0.5, 0.6) is 0 Å². The largest absolute Gasteiger partial charge is 0.308 e. The molecule has 3 heteroatoms. The minimum atomic E-state index is -0.0350. The summed E-state index contributed by atoms with van der Waals surface area (Å²) in [6.45, 7) is 6.43. The van der Waals surface area contributed by atoms with Gasteiger partial charge in [0.05, 0.1) is 6.54 Å². The number of nitrogens with zero attached hydrogens (tertiary/aromatic N) is 2. The molecule has 2 rings (SSSR count). The van der Waals surface area contributed by atoms with Crippen LogP contribution in [0.25, 0.3) is 0 Å². The Labute approximate surface area is 120 Å². The van der Waals surface area contributed by atoms with Gasteiger partial charge in [-0.3, -0.25) is 9.78 Å². The Balaban J connectivity index is 2.32. The Bertz CT molecular complexity index is 579. The van der Waals surface area contributed by atoms with E-state index in [0.29, 0.717) is 6.54 Å². The number of amides is 1. The lowest BCUT2D eigenvalue weighted by Gasteiger charge is -2.25. The Hall–Kier alpha value is -2.16. The average molecular weight is 268 g/mol. The molecule has 0 atom stereocenters. The highest BCUT2D eigenvalue weighted by atomic mass is 16.2. The van der Waals surface area contributed by atoms with Crippen molar-refractivity contribution < 1.29 is 4.79 Å². The molecule has 0 saturated heterocycles. The van der Waals surface area contributed by atoms with Gasteiger partial charge in [0.25, 0.3) is 0 Å². The zero-order chi connectivity index (χ0) is 14.5. The van der Waals surface area contributed by atoms with Crippen molar-refractivity contribution in [3.8, 4) is 0 Å². The van der Waals surface area contributed by atoms with Gasteiger partial charge in [0.2, 0.25) is 5.91 Å². The summed E-state index contributed by atoms with van der Waals surface area (Å²) in [5, 5.41) is 0. The van der Waals surface area contributed by atoms with Crippen molar-refractivity contribution in [3.05, 3.63) is 59.9 Å². The Kier molecular flexibility index (Phi) is 4.51. The predicted molar refractivity (Wildman–Crippen MR) is 81.4 cm³/mol. The Morgan fingerprint density at radius 2 is 2.05 bits per heavy atom. The zero-order valence-electron chi connectivity index (χ0n) is 12.2. The number of pyridine rings is 1. The van der Waals surface area contributed by atoms with Crippen molar-refractivity contribution >= 4 is 11.6 Å². The minimum Gasteiger partial charge on any atom is -0.308 e. The highest BCUT2D eigenvalue weighted by Crippen LogP contribution is 2.20. The summed E-state index contributed by atoms with van der Waals surface area (Å²) < 4.78 is 0. The van der Waals surface area contributed by atoms with Gasteiger partial charge in [0, 0.05) is 24.0 Å². The van der Waals surface area contributed by atoms with Crippen molar-refractivity contribution in [3.63, 3.8) is 0 Å². The van der Waals surface area contributed by atoms with Crippen LogP contribution in [-0.4, -0.2) is 10.9 Å². The highest BCUT2D eigenvalue weighted by Gasteiger charge is 2.19. The molecule has 0 N–H and O–H groups in total. The van der Waals surface area contributed by atoms with Crippen molar-refractivity contribution in [1.82, 2.24) is 4.98 Å².